The van der Waals surface area contributed by atoms with E-state index in [9.17, 15) is 34.8 Å². The van der Waals surface area contributed by atoms with Gasteiger partial charge in [0.25, 0.3) is 9.84 Å². The Morgan fingerprint density at radius 1 is 1.00 bits per heavy atom. The predicted octanol–water partition coefficient (Wildman–Crippen LogP) is 4.87. The van der Waals surface area contributed by atoms with Crippen molar-refractivity contribution in [2.24, 2.45) is 0 Å². The molecule has 0 atom stereocenters. The Bertz CT molecular complexity index is 1550. The fourth-order valence-electron chi connectivity index (χ4n) is 3.25. The minimum Gasteiger partial charge on any atom is -0.470 e. The second-order valence-corrected chi connectivity index (χ2v) is 9.91. The molecule has 2 aromatic heterocycles. The van der Waals surface area contributed by atoms with Crippen LogP contribution in [0.4, 0.5) is 32.2 Å². The molecular formula is C18H10BCl2F6N6O2S-. The highest BCUT2D eigenvalue weighted by Crippen LogP contribution is 2.43. The van der Waals surface area contributed by atoms with Gasteiger partial charge in [0.1, 0.15) is 34.5 Å². The second-order valence-electron chi connectivity index (χ2n) is 7.22. The molecule has 0 bridgehead atoms. The number of nitrogen functional groups attached to an aromatic ring is 1. The summed E-state index contributed by atoms with van der Waals surface area (Å²) in [6.07, 6.45) is -4.85. The van der Waals surface area contributed by atoms with Gasteiger partial charge >= 0.3 is 11.7 Å². The zero-order valence-corrected chi connectivity index (χ0v) is 19.6. The fraction of sp³-hybridized carbons (Fsp3) is 0.111. The van der Waals surface area contributed by atoms with E-state index in [1.54, 1.807) is 30.3 Å². The Hall–Kier alpha value is -3.11. The topological polar surface area (TPSA) is 120 Å². The van der Waals surface area contributed by atoms with Crippen molar-refractivity contribution >= 4 is 45.5 Å². The maximum Gasteiger partial charge on any atom is 0.502 e. The van der Waals surface area contributed by atoms with Gasteiger partial charge in [-0.1, -0.05) is 53.5 Å². The van der Waals surface area contributed by atoms with E-state index in [4.69, 9.17) is 28.9 Å². The first-order chi connectivity index (χ1) is 16.6. The zero-order chi connectivity index (χ0) is 26.6. The summed E-state index contributed by atoms with van der Waals surface area (Å²) in [6, 6.07) is 9.15. The number of hydrogen-bond donors (Lipinski definition) is 2. The van der Waals surface area contributed by atoms with E-state index in [-0.39, 0.29) is 0 Å². The van der Waals surface area contributed by atoms with Gasteiger partial charge in [-0.05, 0) is 12.1 Å². The average molecular weight is 570 g/mol. The van der Waals surface area contributed by atoms with Crippen LogP contribution < -0.4 is 5.73 Å². The standard InChI is InChI=1S/C18H10BCl2F6N6O2S/c20-10-6-8(17(22,23)24)7-11(21)13(10)33-15(28)14(36(34,35)18(25,26)27)12(31-33)16-29-19(32-30-16)9-4-2-1-3-5-9/h1-7,32H,28H2/q-1. The van der Waals surface area contributed by atoms with Crippen molar-refractivity contribution in [2.45, 2.75) is 16.6 Å². The number of nitrogens with two attached hydrogens (primary N) is 1. The van der Waals surface area contributed by atoms with Crippen molar-refractivity contribution < 1.29 is 34.8 Å². The molecule has 0 aliphatic rings. The Morgan fingerprint density at radius 3 is 2.11 bits per heavy atom. The summed E-state index contributed by atoms with van der Waals surface area (Å²) in [5, 5.41) is 8.67. The summed E-state index contributed by atoms with van der Waals surface area (Å²) in [7, 11) is -6.14. The van der Waals surface area contributed by atoms with Crippen LogP contribution in [0, 0.1) is 0 Å². The number of alkyl halides is 6. The van der Waals surface area contributed by atoms with Gasteiger partial charge in [-0.3, -0.25) is 0 Å². The Morgan fingerprint density at radius 2 is 1.58 bits per heavy atom. The van der Waals surface area contributed by atoms with Gasteiger partial charge < -0.3 is 15.6 Å². The molecule has 36 heavy (non-hydrogen) atoms. The lowest BCUT2D eigenvalue weighted by Gasteiger charge is -2.13. The molecule has 190 valence electrons. The molecule has 0 saturated carbocycles. The molecule has 0 aliphatic carbocycles. The highest BCUT2D eigenvalue weighted by Gasteiger charge is 2.51. The molecule has 0 amide bonds. The van der Waals surface area contributed by atoms with Crippen LogP contribution in [0.1, 0.15) is 5.56 Å². The number of rotatable bonds is 4. The Kier molecular flexibility index (Phi) is 6.33. The first-order valence-electron chi connectivity index (χ1n) is 9.48. The molecule has 0 aliphatic heterocycles. The largest absolute Gasteiger partial charge is 0.502 e. The second kappa shape index (κ2) is 8.78. The van der Waals surface area contributed by atoms with Gasteiger partial charge in [-0.2, -0.15) is 36.9 Å². The van der Waals surface area contributed by atoms with Crippen LogP contribution in [0.15, 0.2) is 47.4 Å². The third kappa shape index (κ3) is 4.44. The fourth-order valence-corrected chi connectivity index (χ4v) is 4.87. The number of nitrogens with zero attached hydrogens (tertiary/aromatic N) is 4. The molecule has 8 nitrogen and oxygen atoms in total. The van der Waals surface area contributed by atoms with Crippen LogP contribution in [0.3, 0.4) is 0 Å². The lowest BCUT2D eigenvalue weighted by atomic mass is 9.80. The van der Waals surface area contributed by atoms with Crippen molar-refractivity contribution in [3.05, 3.63) is 58.1 Å². The van der Waals surface area contributed by atoms with E-state index in [2.05, 4.69) is 20.1 Å². The number of aromatic nitrogens is 5. The molecule has 2 aromatic carbocycles. The van der Waals surface area contributed by atoms with Crippen molar-refractivity contribution in [2.75, 3.05) is 5.73 Å². The first kappa shape index (κ1) is 26.0. The monoisotopic (exact) mass is 569 g/mol. The summed E-state index contributed by atoms with van der Waals surface area (Å²) < 4.78 is 105. The quantitative estimate of drug-likeness (QED) is 0.338. The lowest BCUT2D eigenvalue weighted by Crippen LogP contribution is -2.24. The maximum atomic E-state index is 13.5. The van der Waals surface area contributed by atoms with E-state index < -0.39 is 71.7 Å². The van der Waals surface area contributed by atoms with Crippen LogP contribution in [-0.4, -0.2) is 45.3 Å². The SMILES string of the molecule is Nc1c(S(=O)(=O)C(F)(F)F)c(-c2n[nH][b-](-c3ccccc3)n2)nn1-c1c(Cl)cc(C(F)(F)F)cc1Cl. The molecule has 0 spiro atoms. The molecule has 0 saturated heterocycles. The normalized spacial score (nSPS) is 12.8. The molecule has 18 heteroatoms. The maximum absolute atomic E-state index is 13.5. The highest BCUT2D eigenvalue weighted by atomic mass is 35.5. The van der Waals surface area contributed by atoms with E-state index in [0.29, 0.717) is 22.3 Å². The van der Waals surface area contributed by atoms with Gasteiger partial charge in [0.2, 0.25) is 0 Å². The van der Waals surface area contributed by atoms with Gasteiger partial charge in [0, 0.05) is 0 Å². The lowest BCUT2D eigenvalue weighted by molar-refractivity contribution is -0.137. The summed E-state index contributed by atoms with van der Waals surface area (Å²) >= 11 is 11.9. The van der Waals surface area contributed by atoms with E-state index >= 15 is 0 Å². The smallest absolute Gasteiger partial charge is 0.470 e. The molecule has 0 fully saturated rings. The molecule has 0 radical (unpaired) electrons. The number of sulfone groups is 1. The number of halogens is 8. The molecule has 3 N–H and O–H groups in total. The van der Waals surface area contributed by atoms with Crippen molar-refractivity contribution in [3.8, 4) is 22.7 Å². The van der Waals surface area contributed by atoms with E-state index in [1.807, 2.05) is 0 Å². The summed E-state index contributed by atoms with van der Waals surface area (Å²) in [6.45, 7) is -0.896. The predicted molar refractivity (Wildman–Crippen MR) is 119 cm³/mol. The first-order valence-corrected chi connectivity index (χ1v) is 11.7. The van der Waals surface area contributed by atoms with Crippen molar-refractivity contribution in [1.29, 1.82) is 0 Å². The zero-order valence-electron chi connectivity index (χ0n) is 17.2. The number of H-pyrrole nitrogens is 1. The van der Waals surface area contributed by atoms with Crippen LogP contribution in [0.25, 0.3) is 22.7 Å². The summed E-state index contributed by atoms with van der Waals surface area (Å²) in [4.78, 5) is 2.57. The van der Waals surface area contributed by atoms with Crippen molar-refractivity contribution in [1.82, 2.24) is 24.8 Å². The van der Waals surface area contributed by atoms with Gasteiger partial charge in [0.05, 0.1) is 15.6 Å². The average Bonchev–Trinajstić information content (AvgIpc) is 3.38. The van der Waals surface area contributed by atoms with Gasteiger partial charge in [-0.25, -0.2) is 18.2 Å². The van der Waals surface area contributed by atoms with E-state index in [1.165, 1.54) is 0 Å². The number of hydrogen-bond acceptors (Lipinski definition) is 6. The Labute approximate surface area is 208 Å². The minimum absolute atomic E-state index is 0.395. The third-order valence-electron chi connectivity index (χ3n) is 4.88. The van der Waals surface area contributed by atoms with Crippen LogP contribution in [0.5, 0.6) is 0 Å². The number of benzene rings is 2. The number of nitrogens with one attached hydrogen (secondary N) is 1. The minimum atomic E-state index is -6.14. The summed E-state index contributed by atoms with van der Waals surface area (Å²) in [5.74, 6) is -1.68. The summed E-state index contributed by atoms with van der Waals surface area (Å²) in [5.41, 5.74) is -2.28. The number of anilines is 1. The van der Waals surface area contributed by atoms with E-state index in [0.717, 1.165) is 0 Å². The van der Waals surface area contributed by atoms with Crippen molar-refractivity contribution in [3.63, 3.8) is 0 Å². The van der Waals surface area contributed by atoms with Gasteiger partial charge in [-0.15, -0.1) is 0 Å². The molecule has 0 unspecified atom stereocenters. The van der Waals surface area contributed by atoms with Crippen LogP contribution in [-0.2, 0) is 16.0 Å². The highest BCUT2D eigenvalue weighted by molar-refractivity contribution is 7.92. The Balaban J connectivity index is 1.99. The van der Waals surface area contributed by atoms with Crippen LogP contribution in [0.2, 0.25) is 10.0 Å². The molecule has 2 heterocycles. The third-order valence-corrected chi connectivity index (χ3v) is 7.00. The number of aromatic amines is 1. The molecule has 4 rings (SSSR count). The van der Waals surface area contributed by atoms with Gasteiger partial charge in [0.15, 0.2) is 0 Å². The molecular weight excluding hydrogens is 560 g/mol. The molecule has 4 aromatic rings. The van der Waals surface area contributed by atoms with Crippen LogP contribution >= 0.6 is 23.2 Å².